The number of benzene rings is 1. The normalized spacial score (nSPS) is 12.1. The van der Waals surface area contributed by atoms with Gasteiger partial charge in [-0.15, -0.1) is 0 Å². The minimum Gasteiger partial charge on any atom is -0.398 e. The number of hydrogen-bond donors (Lipinski definition) is 2. The summed E-state index contributed by atoms with van der Waals surface area (Å²) in [6.07, 6.45) is 0.257. The third-order valence-electron chi connectivity index (χ3n) is 1.84. The van der Waals surface area contributed by atoms with Gasteiger partial charge in [0, 0.05) is 15.0 Å². The third-order valence-corrected chi connectivity index (χ3v) is 2.95. The average molecular weight is 319 g/mol. The van der Waals surface area contributed by atoms with Crippen LogP contribution in [0, 0.1) is 11.3 Å². The molecule has 0 spiro atoms. The Kier molecular flexibility index (Phi) is 3.93. The lowest BCUT2D eigenvalue weighted by Gasteiger charge is -2.13. The van der Waals surface area contributed by atoms with Crippen molar-refractivity contribution < 1.29 is 0 Å². The Balaban J connectivity index is 3.14. The van der Waals surface area contributed by atoms with Crippen molar-refractivity contribution in [1.82, 2.24) is 0 Å². The van der Waals surface area contributed by atoms with Crippen LogP contribution < -0.4 is 11.5 Å². The molecule has 0 radical (unpaired) electrons. The van der Waals surface area contributed by atoms with Crippen LogP contribution in [0.4, 0.5) is 5.69 Å². The van der Waals surface area contributed by atoms with E-state index in [1.165, 1.54) is 0 Å². The predicted octanol–water partition coefficient (Wildman–Crippen LogP) is 2.71. The molecule has 5 heteroatoms. The van der Waals surface area contributed by atoms with Crippen LogP contribution in [0.3, 0.4) is 0 Å². The second-order valence-corrected chi connectivity index (χ2v) is 4.63. The Morgan fingerprint density at radius 2 is 2.07 bits per heavy atom. The van der Waals surface area contributed by atoms with Crippen LogP contribution in [-0.2, 0) is 0 Å². The summed E-state index contributed by atoms with van der Waals surface area (Å²) in [5.41, 5.74) is 13.0. The molecule has 1 rings (SSSR count). The Labute approximate surface area is 99.3 Å². The van der Waals surface area contributed by atoms with Gasteiger partial charge in [0.25, 0.3) is 0 Å². The lowest BCUT2D eigenvalue weighted by Crippen LogP contribution is -2.12. The first kappa shape index (κ1) is 11.5. The van der Waals surface area contributed by atoms with Crippen LogP contribution in [0.1, 0.15) is 18.0 Å². The maximum Gasteiger partial charge on any atom is 0.0641 e. The van der Waals surface area contributed by atoms with E-state index in [0.717, 1.165) is 14.5 Å². The van der Waals surface area contributed by atoms with Gasteiger partial charge in [0.1, 0.15) is 0 Å². The van der Waals surface area contributed by atoms with Gasteiger partial charge in [0.15, 0.2) is 0 Å². The zero-order chi connectivity index (χ0) is 10.7. The number of nitrogens with zero attached hydrogens (tertiary/aromatic N) is 1. The summed E-state index contributed by atoms with van der Waals surface area (Å²) in [5, 5.41) is 8.53. The highest BCUT2D eigenvalue weighted by molar-refractivity contribution is 9.11. The molecular weight excluding hydrogens is 310 g/mol. The summed E-state index contributed by atoms with van der Waals surface area (Å²) in [5.74, 6) is 0. The SMILES string of the molecule is N#CC[C@@H](N)c1cc(Br)cc(Br)c1N. The molecule has 74 valence electrons. The van der Waals surface area contributed by atoms with Gasteiger partial charge in [-0.2, -0.15) is 5.26 Å². The van der Waals surface area contributed by atoms with Crippen LogP contribution in [0.2, 0.25) is 0 Å². The molecule has 0 amide bonds. The molecule has 0 bridgehead atoms. The van der Waals surface area contributed by atoms with Gasteiger partial charge in [-0.25, -0.2) is 0 Å². The van der Waals surface area contributed by atoms with E-state index in [0.29, 0.717) is 5.69 Å². The fourth-order valence-electron chi connectivity index (χ4n) is 1.12. The first-order valence-corrected chi connectivity index (χ1v) is 5.51. The van der Waals surface area contributed by atoms with E-state index in [9.17, 15) is 0 Å². The fraction of sp³-hybridized carbons (Fsp3) is 0.222. The minimum atomic E-state index is -0.339. The van der Waals surface area contributed by atoms with E-state index < -0.39 is 0 Å². The van der Waals surface area contributed by atoms with Crippen molar-refractivity contribution in [2.45, 2.75) is 12.5 Å². The molecule has 14 heavy (non-hydrogen) atoms. The van der Waals surface area contributed by atoms with Crippen molar-refractivity contribution in [1.29, 1.82) is 5.26 Å². The van der Waals surface area contributed by atoms with E-state index >= 15 is 0 Å². The van der Waals surface area contributed by atoms with Gasteiger partial charge in [0.05, 0.1) is 18.2 Å². The Bertz CT molecular complexity index is 384. The number of anilines is 1. The molecule has 0 aliphatic heterocycles. The predicted molar refractivity (Wildman–Crippen MR) is 63.4 cm³/mol. The van der Waals surface area contributed by atoms with E-state index in [1.807, 2.05) is 18.2 Å². The van der Waals surface area contributed by atoms with E-state index in [2.05, 4.69) is 31.9 Å². The molecule has 4 N–H and O–H groups in total. The van der Waals surface area contributed by atoms with Crippen molar-refractivity contribution in [3.8, 4) is 6.07 Å². The molecule has 0 saturated carbocycles. The summed E-state index contributed by atoms with van der Waals surface area (Å²) in [6.45, 7) is 0. The summed E-state index contributed by atoms with van der Waals surface area (Å²) < 4.78 is 1.68. The van der Waals surface area contributed by atoms with Gasteiger partial charge in [0.2, 0.25) is 0 Å². The number of halogens is 2. The average Bonchev–Trinajstić information content (AvgIpc) is 2.11. The first-order valence-electron chi connectivity index (χ1n) is 3.93. The smallest absolute Gasteiger partial charge is 0.0641 e. The van der Waals surface area contributed by atoms with E-state index in [4.69, 9.17) is 16.7 Å². The molecule has 3 nitrogen and oxygen atoms in total. The molecule has 0 aliphatic rings. The quantitative estimate of drug-likeness (QED) is 0.823. The molecule has 0 fully saturated rings. The largest absolute Gasteiger partial charge is 0.398 e. The molecule has 0 unspecified atom stereocenters. The summed E-state index contributed by atoms with van der Waals surface area (Å²) >= 11 is 6.67. The van der Waals surface area contributed by atoms with Crippen LogP contribution in [0.15, 0.2) is 21.1 Å². The molecule has 0 heterocycles. The van der Waals surface area contributed by atoms with Gasteiger partial charge < -0.3 is 11.5 Å². The Morgan fingerprint density at radius 3 is 2.64 bits per heavy atom. The number of rotatable bonds is 2. The van der Waals surface area contributed by atoms with E-state index in [-0.39, 0.29) is 12.5 Å². The van der Waals surface area contributed by atoms with Crippen LogP contribution >= 0.6 is 31.9 Å². The summed E-state index contributed by atoms with van der Waals surface area (Å²) in [4.78, 5) is 0. The summed E-state index contributed by atoms with van der Waals surface area (Å²) in [7, 11) is 0. The summed E-state index contributed by atoms with van der Waals surface area (Å²) in [6, 6.07) is 5.36. The molecular formula is C9H9Br2N3. The lowest BCUT2D eigenvalue weighted by molar-refractivity contribution is 0.750. The molecule has 1 aromatic carbocycles. The van der Waals surface area contributed by atoms with Gasteiger partial charge in [-0.05, 0) is 33.6 Å². The van der Waals surface area contributed by atoms with Gasteiger partial charge in [-0.3, -0.25) is 0 Å². The Hall–Kier alpha value is -0.570. The highest BCUT2D eigenvalue weighted by atomic mass is 79.9. The molecule has 0 aliphatic carbocycles. The zero-order valence-corrected chi connectivity index (χ0v) is 10.5. The number of nitriles is 1. The zero-order valence-electron chi connectivity index (χ0n) is 7.30. The molecule has 0 saturated heterocycles. The van der Waals surface area contributed by atoms with Crippen molar-refractivity contribution in [3.63, 3.8) is 0 Å². The van der Waals surface area contributed by atoms with Crippen LogP contribution in [-0.4, -0.2) is 0 Å². The van der Waals surface area contributed by atoms with Crippen molar-refractivity contribution in [3.05, 3.63) is 26.6 Å². The fourth-order valence-corrected chi connectivity index (χ4v) is 2.38. The maximum absolute atomic E-state index is 8.53. The second kappa shape index (κ2) is 4.78. The third kappa shape index (κ3) is 2.47. The number of nitrogen functional groups attached to an aromatic ring is 1. The molecule has 1 atom stereocenters. The minimum absolute atomic E-state index is 0.257. The first-order chi connectivity index (χ1) is 6.56. The van der Waals surface area contributed by atoms with Crippen molar-refractivity contribution in [2.75, 3.05) is 5.73 Å². The molecule has 0 aromatic heterocycles. The maximum atomic E-state index is 8.53. The standard InChI is InChI=1S/C9H9Br2N3/c10-5-3-6(8(13)1-2-12)9(14)7(11)4-5/h3-4,8H,1,13-14H2/t8-/m1/s1. The topological polar surface area (TPSA) is 75.8 Å². The monoisotopic (exact) mass is 317 g/mol. The second-order valence-electron chi connectivity index (χ2n) is 2.86. The highest BCUT2D eigenvalue weighted by Crippen LogP contribution is 2.31. The Morgan fingerprint density at radius 1 is 1.43 bits per heavy atom. The lowest BCUT2D eigenvalue weighted by atomic mass is 10.0. The highest BCUT2D eigenvalue weighted by Gasteiger charge is 2.12. The van der Waals surface area contributed by atoms with Gasteiger partial charge >= 0.3 is 0 Å². The van der Waals surface area contributed by atoms with Crippen molar-refractivity contribution >= 4 is 37.5 Å². The van der Waals surface area contributed by atoms with Crippen LogP contribution in [0.5, 0.6) is 0 Å². The van der Waals surface area contributed by atoms with Crippen LogP contribution in [0.25, 0.3) is 0 Å². The molecule has 1 aromatic rings. The number of nitrogens with two attached hydrogens (primary N) is 2. The van der Waals surface area contributed by atoms with E-state index in [1.54, 1.807) is 0 Å². The number of hydrogen-bond acceptors (Lipinski definition) is 3. The van der Waals surface area contributed by atoms with Crippen molar-refractivity contribution in [2.24, 2.45) is 5.73 Å². The van der Waals surface area contributed by atoms with Gasteiger partial charge in [-0.1, -0.05) is 15.9 Å².